The number of hydrogen-bond acceptors (Lipinski definition) is 6. The summed E-state index contributed by atoms with van der Waals surface area (Å²) in [5.41, 5.74) is 0. The number of carbonyl (C=O) groups is 2. The molecule has 0 saturated carbocycles. The van der Waals surface area contributed by atoms with Crippen LogP contribution in [0.3, 0.4) is 0 Å². The van der Waals surface area contributed by atoms with Gasteiger partial charge in [0.2, 0.25) is 15.9 Å². The third kappa shape index (κ3) is 2.89. The van der Waals surface area contributed by atoms with Crippen LogP contribution in [0, 0.1) is 5.82 Å². The van der Waals surface area contributed by atoms with Gasteiger partial charge < -0.3 is 4.74 Å². The molecule has 24 heavy (non-hydrogen) atoms. The quantitative estimate of drug-likeness (QED) is 0.772. The van der Waals surface area contributed by atoms with Crippen molar-refractivity contribution in [1.29, 1.82) is 0 Å². The van der Waals surface area contributed by atoms with Crippen molar-refractivity contribution < 1.29 is 27.1 Å². The average molecular weight is 374 g/mol. The zero-order valence-corrected chi connectivity index (χ0v) is 14.4. The maximum Gasteiger partial charge on any atom is 0.289 e. The van der Waals surface area contributed by atoms with Crippen LogP contribution in [0.2, 0.25) is 0 Å². The summed E-state index contributed by atoms with van der Waals surface area (Å²) in [5, 5.41) is -0.353. The van der Waals surface area contributed by atoms with Crippen LogP contribution in [0.15, 0.2) is 23.1 Å². The molecule has 1 aromatic rings. The van der Waals surface area contributed by atoms with Gasteiger partial charge in [-0.05, 0) is 25.1 Å². The Balaban J connectivity index is 1.73. The van der Waals surface area contributed by atoms with Crippen LogP contribution in [0.5, 0.6) is 5.75 Å². The Morgan fingerprint density at radius 2 is 2.04 bits per heavy atom. The highest BCUT2D eigenvalue weighted by Gasteiger charge is 2.46. The molecule has 0 atom stereocenters. The largest absolute Gasteiger partial charge is 0.491 e. The number of carbonyl (C=O) groups excluding carboxylic acids is 2. The highest BCUT2D eigenvalue weighted by Crippen LogP contribution is 2.30. The number of ether oxygens (including phenoxy) is 1. The van der Waals surface area contributed by atoms with Crippen LogP contribution < -0.4 is 4.74 Å². The van der Waals surface area contributed by atoms with Gasteiger partial charge in [0.25, 0.3) is 5.24 Å². The molecule has 0 N–H and O–H groups in total. The van der Waals surface area contributed by atoms with Crippen molar-refractivity contribution >= 4 is 32.9 Å². The Bertz CT molecular complexity index is 776. The van der Waals surface area contributed by atoms with E-state index in [9.17, 15) is 22.4 Å². The fourth-order valence-corrected chi connectivity index (χ4v) is 4.86. The van der Waals surface area contributed by atoms with Gasteiger partial charge in [0.15, 0.2) is 11.6 Å². The molecule has 0 spiro atoms. The maximum atomic E-state index is 13.9. The van der Waals surface area contributed by atoms with Crippen molar-refractivity contribution in [3.05, 3.63) is 24.0 Å². The molecule has 2 heterocycles. The third-order valence-electron chi connectivity index (χ3n) is 3.82. The van der Waals surface area contributed by atoms with E-state index < -0.39 is 21.9 Å². The summed E-state index contributed by atoms with van der Waals surface area (Å²) in [6, 6.07) is 3.00. The number of hydrogen-bond donors (Lipinski definition) is 0. The minimum atomic E-state index is -3.87. The maximum absolute atomic E-state index is 13.9. The molecule has 130 valence electrons. The van der Waals surface area contributed by atoms with Crippen LogP contribution in [-0.2, 0) is 14.8 Å². The number of amides is 2. The molecule has 2 fully saturated rings. The van der Waals surface area contributed by atoms with Crippen LogP contribution in [0.4, 0.5) is 9.18 Å². The summed E-state index contributed by atoms with van der Waals surface area (Å²) < 4.78 is 45.0. The Morgan fingerprint density at radius 1 is 1.33 bits per heavy atom. The highest BCUT2D eigenvalue weighted by atomic mass is 32.2. The molecule has 0 radical (unpaired) electrons. The van der Waals surface area contributed by atoms with E-state index in [1.807, 2.05) is 0 Å². The molecular weight excluding hydrogens is 359 g/mol. The van der Waals surface area contributed by atoms with E-state index in [-0.39, 0.29) is 47.2 Å². The van der Waals surface area contributed by atoms with Crippen LogP contribution in [0.1, 0.15) is 6.92 Å². The van der Waals surface area contributed by atoms with Gasteiger partial charge in [-0.1, -0.05) is 11.8 Å². The Morgan fingerprint density at radius 3 is 2.58 bits per heavy atom. The topological polar surface area (TPSA) is 84.0 Å². The summed E-state index contributed by atoms with van der Waals surface area (Å²) in [6.45, 7) is 2.01. The number of thioether (sulfide) groups is 1. The number of benzene rings is 1. The lowest BCUT2D eigenvalue weighted by Gasteiger charge is -2.41. The van der Waals surface area contributed by atoms with Gasteiger partial charge in [0.05, 0.1) is 23.3 Å². The molecule has 2 aliphatic heterocycles. The molecule has 0 bridgehead atoms. The van der Waals surface area contributed by atoms with E-state index in [1.54, 1.807) is 6.92 Å². The Kier molecular flexibility index (Phi) is 4.54. The lowest BCUT2D eigenvalue weighted by Crippen LogP contribution is -2.61. The molecule has 1 aromatic carbocycles. The van der Waals surface area contributed by atoms with Gasteiger partial charge in [-0.25, -0.2) is 12.8 Å². The number of halogens is 1. The van der Waals surface area contributed by atoms with Gasteiger partial charge in [0, 0.05) is 13.1 Å². The van der Waals surface area contributed by atoms with E-state index in [1.165, 1.54) is 12.1 Å². The second-order valence-electron chi connectivity index (χ2n) is 5.32. The summed E-state index contributed by atoms with van der Waals surface area (Å²) in [6.07, 6.45) is 0. The summed E-state index contributed by atoms with van der Waals surface area (Å²) in [7, 11) is -3.87. The first-order chi connectivity index (χ1) is 11.3. The lowest BCUT2D eigenvalue weighted by atomic mass is 10.1. The predicted octanol–water partition coefficient (Wildman–Crippen LogP) is 1.29. The molecule has 2 aliphatic rings. The molecule has 2 saturated heterocycles. The monoisotopic (exact) mass is 374 g/mol. The first kappa shape index (κ1) is 17.2. The molecule has 0 unspecified atom stereocenters. The number of imide groups is 1. The first-order valence-electron chi connectivity index (χ1n) is 7.26. The van der Waals surface area contributed by atoms with Crippen LogP contribution >= 0.6 is 11.8 Å². The van der Waals surface area contributed by atoms with E-state index in [2.05, 4.69) is 0 Å². The number of nitrogens with zero attached hydrogens (tertiary/aromatic N) is 2. The smallest absolute Gasteiger partial charge is 0.289 e. The summed E-state index contributed by atoms with van der Waals surface area (Å²) in [4.78, 5) is 24.2. The van der Waals surface area contributed by atoms with Crippen molar-refractivity contribution in [2.24, 2.45) is 0 Å². The molecule has 7 nitrogen and oxygen atoms in total. The fraction of sp³-hybridized carbons (Fsp3) is 0.429. The molecule has 3 rings (SSSR count). The second-order valence-corrected chi connectivity index (χ2v) is 8.18. The fourth-order valence-electron chi connectivity index (χ4n) is 2.56. The summed E-state index contributed by atoms with van der Waals surface area (Å²) >= 11 is 0.910. The number of rotatable bonds is 5. The standard InChI is InChI=1S/C14H15FN2O5S2/c1-2-22-12-4-3-10(5-11(12)15)24(20,21)16-6-9(7-16)17-13(18)8-23-14(17)19/h3-5,9H,2,6-8H2,1H3. The van der Waals surface area contributed by atoms with E-state index in [0.717, 1.165) is 27.0 Å². The van der Waals surface area contributed by atoms with Crippen LogP contribution in [0.25, 0.3) is 0 Å². The highest BCUT2D eigenvalue weighted by molar-refractivity contribution is 8.14. The Hall–Kier alpha value is -1.65. The van der Waals surface area contributed by atoms with Gasteiger partial charge >= 0.3 is 0 Å². The predicted molar refractivity (Wildman–Crippen MR) is 84.8 cm³/mol. The van der Waals surface area contributed by atoms with E-state index in [4.69, 9.17) is 4.74 Å². The van der Waals surface area contributed by atoms with E-state index >= 15 is 0 Å². The number of sulfonamides is 1. The molecular formula is C14H15FN2O5S2. The zero-order chi connectivity index (χ0) is 17.5. The zero-order valence-electron chi connectivity index (χ0n) is 12.8. The van der Waals surface area contributed by atoms with Crippen LogP contribution in [-0.4, -0.2) is 60.3 Å². The first-order valence-corrected chi connectivity index (χ1v) is 9.68. The molecule has 0 aromatic heterocycles. The van der Waals surface area contributed by atoms with Gasteiger partial charge in [0.1, 0.15) is 0 Å². The Labute approximate surface area is 142 Å². The van der Waals surface area contributed by atoms with Gasteiger partial charge in [-0.15, -0.1) is 0 Å². The molecule has 2 amide bonds. The molecule has 0 aliphatic carbocycles. The van der Waals surface area contributed by atoms with Gasteiger partial charge in [-0.3, -0.25) is 14.5 Å². The van der Waals surface area contributed by atoms with Crippen molar-refractivity contribution in [2.75, 3.05) is 25.4 Å². The SMILES string of the molecule is CCOc1ccc(S(=O)(=O)N2CC(N3C(=O)CSC3=O)C2)cc1F. The van der Waals surface area contributed by atoms with Crippen molar-refractivity contribution in [1.82, 2.24) is 9.21 Å². The van der Waals surface area contributed by atoms with Crippen molar-refractivity contribution in [3.8, 4) is 5.75 Å². The normalized spacial score (nSPS) is 19.7. The second kappa shape index (κ2) is 6.34. The van der Waals surface area contributed by atoms with Gasteiger partial charge in [-0.2, -0.15) is 4.31 Å². The van der Waals surface area contributed by atoms with Crippen molar-refractivity contribution in [2.45, 2.75) is 17.9 Å². The van der Waals surface area contributed by atoms with Crippen molar-refractivity contribution in [3.63, 3.8) is 0 Å². The average Bonchev–Trinajstić information content (AvgIpc) is 2.80. The minimum absolute atomic E-state index is 0.0109. The molecule has 10 heteroatoms. The third-order valence-corrected chi connectivity index (χ3v) is 6.48. The summed E-state index contributed by atoms with van der Waals surface area (Å²) in [5.74, 6) is -0.981. The lowest BCUT2D eigenvalue weighted by molar-refractivity contribution is -0.127. The van der Waals surface area contributed by atoms with E-state index in [0.29, 0.717) is 0 Å². The minimum Gasteiger partial charge on any atom is -0.491 e.